The summed E-state index contributed by atoms with van der Waals surface area (Å²) in [6, 6.07) is 9.89. The van der Waals surface area contributed by atoms with Crippen molar-refractivity contribution >= 4 is 5.91 Å². The Hall–Kier alpha value is -2.14. The maximum Gasteiger partial charge on any atom is 0.269 e. The van der Waals surface area contributed by atoms with Crippen LogP contribution in [-0.2, 0) is 0 Å². The summed E-state index contributed by atoms with van der Waals surface area (Å²) in [5, 5.41) is 7.28. The molecule has 0 radical (unpaired) electrons. The number of amides is 1. The lowest BCUT2D eigenvalue weighted by atomic mass is 10.1. The first-order valence-corrected chi connectivity index (χ1v) is 5.75. The minimum atomic E-state index is -0.519. The van der Waals surface area contributed by atoms with Gasteiger partial charge in [-0.1, -0.05) is 12.1 Å². The Kier molecular flexibility index (Phi) is 3.43. The molecule has 2 rings (SSSR count). The Bertz CT molecular complexity index is 544. The molecule has 0 saturated carbocycles. The molecule has 18 heavy (non-hydrogen) atoms. The Balaban J connectivity index is 2.25. The third kappa shape index (κ3) is 2.41. The molecule has 1 atom stereocenters. The number of nitrogens with one attached hydrogen (secondary N) is 1. The molecule has 5 heteroatoms. The molecule has 1 aromatic heterocycles. The number of hydrogen-bond donors (Lipinski definition) is 2. The summed E-state index contributed by atoms with van der Waals surface area (Å²) < 4.78 is 1.63. The fraction of sp³-hybridized carbons (Fsp3) is 0.231. The number of rotatable bonds is 4. The number of nitrogens with two attached hydrogens (primary N) is 1. The topological polar surface area (TPSA) is 72.9 Å². The third-order valence-electron chi connectivity index (χ3n) is 2.93. The van der Waals surface area contributed by atoms with Crippen LogP contribution in [0.1, 0.15) is 29.0 Å². The normalized spacial score (nSPS) is 12.3. The van der Waals surface area contributed by atoms with Crippen molar-refractivity contribution < 1.29 is 4.79 Å². The van der Waals surface area contributed by atoms with E-state index in [-0.39, 0.29) is 5.69 Å². The van der Waals surface area contributed by atoms with Crippen LogP contribution >= 0.6 is 0 Å². The molecule has 0 aliphatic rings. The fourth-order valence-corrected chi connectivity index (χ4v) is 1.68. The molecule has 5 nitrogen and oxygen atoms in total. The average molecular weight is 244 g/mol. The van der Waals surface area contributed by atoms with E-state index in [1.54, 1.807) is 16.9 Å². The highest BCUT2D eigenvalue weighted by Crippen LogP contribution is 2.15. The summed E-state index contributed by atoms with van der Waals surface area (Å²) in [7, 11) is 1.92. The number of carbonyl (C=O) groups is 1. The summed E-state index contributed by atoms with van der Waals surface area (Å²) in [5.41, 5.74) is 7.53. The highest BCUT2D eigenvalue weighted by Gasteiger charge is 2.06. The molecular formula is C13H16N4O. The number of hydrogen-bond acceptors (Lipinski definition) is 3. The number of primary amides is 1. The number of nitrogens with zero attached hydrogens (tertiary/aromatic N) is 2. The molecule has 2 aromatic rings. The minimum Gasteiger partial charge on any atom is -0.364 e. The second-order valence-electron chi connectivity index (χ2n) is 4.11. The van der Waals surface area contributed by atoms with Gasteiger partial charge in [-0.25, -0.2) is 4.68 Å². The summed E-state index contributed by atoms with van der Waals surface area (Å²) in [5.74, 6) is -0.519. The van der Waals surface area contributed by atoms with Crippen molar-refractivity contribution in [1.29, 1.82) is 0 Å². The summed E-state index contributed by atoms with van der Waals surface area (Å²) in [6.07, 6.45) is 1.72. The van der Waals surface area contributed by atoms with Gasteiger partial charge in [-0.2, -0.15) is 5.10 Å². The van der Waals surface area contributed by atoms with Crippen molar-refractivity contribution in [2.45, 2.75) is 13.0 Å². The highest BCUT2D eigenvalue weighted by molar-refractivity contribution is 5.90. The smallest absolute Gasteiger partial charge is 0.269 e. The van der Waals surface area contributed by atoms with Crippen LogP contribution in [0.4, 0.5) is 0 Å². The van der Waals surface area contributed by atoms with E-state index >= 15 is 0 Å². The van der Waals surface area contributed by atoms with Crippen LogP contribution in [0, 0.1) is 0 Å². The molecular weight excluding hydrogens is 228 g/mol. The Morgan fingerprint density at radius 3 is 2.50 bits per heavy atom. The zero-order chi connectivity index (χ0) is 13.1. The minimum absolute atomic E-state index is 0.266. The van der Waals surface area contributed by atoms with Crippen LogP contribution in [0.3, 0.4) is 0 Å². The summed E-state index contributed by atoms with van der Waals surface area (Å²) >= 11 is 0. The molecule has 3 N–H and O–H groups in total. The maximum atomic E-state index is 11.0. The van der Waals surface area contributed by atoms with E-state index < -0.39 is 5.91 Å². The van der Waals surface area contributed by atoms with E-state index in [1.807, 2.05) is 31.3 Å². The second-order valence-corrected chi connectivity index (χ2v) is 4.11. The van der Waals surface area contributed by atoms with E-state index in [9.17, 15) is 4.79 Å². The maximum absolute atomic E-state index is 11.0. The van der Waals surface area contributed by atoms with E-state index in [4.69, 9.17) is 5.73 Å². The molecule has 0 bridgehead atoms. The van der Waals surface area contributed by atoms with Gasteiger partial charge >= 0.3 is 0 Å². The molecule has 0 fully saturated rings. The van der Waals surface area contributed by atoms with Gasteiger partial charge in [0, 0.05) is 12.2 Å². The zero-order valence-corrected chi connectivity index (χ0v) is 10.4. The van der Waals surface area contributed by atoms with Crippen LogP contribution in [0.5, 0.6) is 0 Å². The predicted octanol–water partition coefficient (Wildman–Crippen LogP) is 1.25. The lowest BCUT2D eigenvalue weighted by molar-refractivity contribution is 0.0995. The van der Waals surface area contributed by atoms with Gasteiger partial charge in [-0.05, 0) is 37.7 Å². The van der Waals surface area contributed by atoms with Gasteiger partial charge in [0.15, 0.2) is 0 Å². The van der Waals surface area contributed by atoms with Gasteiger partial charge in [0.1, 0.15) is 5.69 Å². The third-order valence-corrected chi connectivity index (χ3v) is 2.93. The van der Waals surface area contributed by atoms with Crippen molar-refractivity contribution in [2.75, 3.05) is 7.05 Å². The molecule has 0 saturated heterocycles. The quantitative estimate of drug-likeness (QED) is 0.850. The summed E-state index contributed by atoms with van der Waals surface area (Å²) in [6.45, 7) is 2.09. The summed E-state index contributed by atoms with van der Waals surface area (Å²) in [4.78, 5) is 11.0. The van der Waals surface area contributed by atoms with E-state index in [0.717, 1.165) is 5.69 Å². The number of benzene rings is 1. The first kappa shape index (κ1) is 12.3. The van der Waals surface area contributed by atoms with Crippen LogP contribution in [-0.4, -0.2) is 22.7 Å². The largest absolute Gasteiger partial charge is 0.364 e. The molecule has 1 unspecified atom stereocenters. The van der Waals surface area contributed by atoms with Gasteiger partial charge in [0.25, 0.3) is 5.91 Å². The Morgan fingerprint density at radius 1 is 1.33 bits per heavy atom. The van der Waals surface area contributed by atoms with E-state index in [1.165, 1.54) is 5.56 Å². The molecule has 0 aliphatic carbocycles. The molecule has 1 heterocycles. The van der Waals surface area contributed by atoms with Crippen molar-refractivity contribution in [2.24, 2.45) is 5.73 Å². The molecule has 1 amide bonds. The average Bonchev–Trinajstić information content (AvgIpc) is 2.88. The van der Waals surface area contributed by atoms with Gasteiger partial charge in [-0.3, -0.25) is 4.79 Å². The number of carbonyl (C=O) groups excluding carboxylic acids is 1. The molecule has 1 aromatic carbocycles. The van der Waals surface area contributed by atoms with Crippen molar-refractivity contribution in [3.63, 3.8) is 0 Å². The van der Waals surface area contributed by atoms with E-state index in [2.05, 4.69) is 17.3 Å². The lowest BCUT2D eigenvalue weighted by Gasteiger charge is -2.11. The molecule has 0 spiro atoms. The van der Waals surface area contributed by atoms with Gasteiger partial charge in [0.05, 0.1) is 5.69 Å². The highest BCUT2D eigenvalue weighted by atomic mass is 16.1. The SMILES string of the molecule is CNC(C)c1ccc(-n2ccc(C(N)=O)n2)cc1. The van der Waals surface area contributed by atoms with Crippen LogP contribution in [0.25, 0.3) is 5.69 Å². The van der Waals surface area contributed by atoms with Gasteiger partial charge < -0.3 is 11.1 Å². The van der Waals surface area contributed by atoms with Crippen LogP contribution < -0.4 is 11.1 Å². The van der Waals surface area contributed by atoms with Gasteiger partial charge in [0.2, 0.25) is 0 Å². The Morgan fingerprint density at radius 2 is 2.00 bits per heavy atom. The lowest BCUT2D eigenvalue weighted by Crippen LogP contribution is -2.13. The zero-order valence-electron chi connectivity index (χ0n) is 10.4. The van der Waals surface area contributed by atoms with Crippen molar-refractivity contribution in [1.82, 2.24) is 15.1 Å². The predicted molar refractivity (Wildman–Crippen MR) is 69.6 cm³/mol. The Labute approximate surface area is 106 Å². The van der Waals surface area contributed by atoms with E-state index in [0.29, 0.717) is 6.04 Å². The van der Waals surface area contributed by atoms with Crippen LogP contribution in [0.15, 0.2) is 36.5 Å². The molecule has 94 valence electrons. The number of aromatic nitrogens is 2. The molecule has 0 aliphatic heterocycles. The van der Waals surface area contributed by atoms with Crippen LogP contribution in [0.2, 0.25) is 0 Å². The first-order chi connectivity index (χ1) is 8.61. The van der Waals surface area contributed by atoms with Gasteiger partial charge in [-0.15, -0.1) is 0 Å². The fourth-order valence-electron chi connectivity index (χ4n) is 1.68. The standard InChI is InChI=1S/C13H16N4O/c1-9(15-2)10-3-5-11(6-4-10)17-8-7-12(16-17)13(14)18/h3-9,15H,1-2H3,(H2,14,18). The monoisotopic (exact) mass is 244 g/mol. The van der Waals surface area contributed by atoms with Crippen molar-refractivity contribution in [3.05, 3.63) is 47.8 Å². The van der Waals surface area contributed by atoms with Crippen molar-refractivity contribution in [3.8, 4) is 5.69 Å². The second kappa shape index (κ2) is 5.01. The first-order valence-electron chi connectivity index (χ1n) is 5.75.